The largest absolute Gasteiger partial charge is 0.497 e. The van der Waals surface area contributed by atoms with Gasteiger partial charge in [-0.25, -0.2) is 0 Å². The van der Waals surface area contributed by atoms with Gasteiger partial charge in [0.2, 0.25) is 11.8 Å². The third-order valence-electron chi connectivity index (χ3n) is 8.83. The molecule has 4 atom stereocenters. The molecule has 0 aromatic heterocycles. The van der Waals surface area contributed by atoms with Gasteiger partial charge in [-0.1, -0.05) is 88.6 Å². The number of carbonyl (C=O) groups is 2. The van der Waals surface area contributed by atoms with E-state index in [4.69, 9.17) is 9.47 Å². The van der Waals surface area contributed by atoms with E-state index in [1.54, 1.807) is 18.1 Å². The van der Waals surface area contributed by atoms with E-state index in [1.165, 1.54) is 38.5 Å². The zero-order chi connectivity index (χ0) is 31.3. The molecule has 3 N–H and O–H groups in total. The van der Waals surface area contributed by atoms with Crippen LogP contribution in [0.1, 0.15) is 88.2 Å². The van der Waals surface area contributed by atoms with Gasteiger partial charge in [0.1, 0.15) is 23.7 Å². The molecule has 1 aliphatic carbocycles. The average molecular weight is 607 g/mol. The van der Waals surface area contributed by atoms with Crippen LogP contribution in [0.15, 0.2) is 60.2 Å². The minimum atomic E-state index is -1.03. The minimum absolute atomic E-state index is 0.0415. The number of methoxy groups -OCH3 is 1. The smallest absolute Gasteiger partial charge is 0.247 e. The van der Waals surface area contributed by atoms with Crippen LogP contribution < -0.4 is 14.8 Å². The van der Waals surface area contributed by atoms with Crippen molar-refractivity contribution < 1.29 is 29.3 Å². The zero-order valence-corrected chi connectivity index (χ0v) is 26.4. The highest BCUT2D eigenvalue weighted by Gasteiger charge is 2.50. The first-order valence-corrected chi connectivity index (χ1v) is 16.4. The highest BCUT2D eigenvalue weighted by molar-refractivity contribution is 5.96. The standard InChI is InChI=1S/C36H50N2O6/c1-3-4-5-6-7-8-9-10-11-19-32(40)38(22-20-26-15-14-16-27(24-26)43-2)30-25-29(36(42)37-21-23-39)33-28-17-12-13-18-31(28)44-35(33)34(30)41/h12-18,24-25,30,33-35,39,41H,3-11,19-23H2,1-2H3,(H,37,42)/t30-,33+,34+,35+/m1/s1. The molecule has 2 aromatic rings. The SMILES string of the molecule is CCCCCCCCCCCC(=O)N(CCc1cccc(OC)c1)[C@@H]1C=C(C(=O)NCCO)[C@@H]2c3ccccc3O[C@@H]2[C@H]1O. The van der Waals surface area contributed by atoms with E-state index in [-0.39, 0.29) is 25.0 Å². The number of aliphatic hydroxyl groups is 2. The highest BCUT2D eigenvalue weighted by Crippen LogP contribution is 2.47. The van der Waals surface area contributed by atoms with Gasteiger partial charge in [-0.3, -0.25) is 9.59 Å². The number of aliphatic hydroxyl groups excluding tert-OH is 2. The van der Waals surface area contributed by atoms with Crippen molar-refractivity contribution in [3.63, 3.8) is 0 Å². The predicted octanol–water partition coefficient (Wildman–Crippen LogP) is 5.31. The average Bonchev–Trinajstić information content (AvgIpc) is 3.44. The van der Waals surface area contributed by atoms with Crippen LogP contribution in [0, 0.1) is 0 Å². The summed E-state index contributed by atoms with van der Waals surface area (Å²) in [5.41, 5.74) is 2.30. The summed E-state index contributed by atoms with van der Waals surface area (Å²) in [5.74, 6) is 0.539. The number of ether oxygens (including phenoxy) is 2. The molecule has 0 fully saturated rings. The van der Waals surface area contributed by atoms with E-state index in [1.807, 2.05) is 48.5 Å². The Hall–Kier alpha value is -3.36. The lowest BCUT2D eigenvalue weighted by atomic mass is 9.77. The molecule has 4 rings (SSSR count). The third-order valence-corrected chi connectivity index (χ3v) is 8.83. The molecule has 0 saturated heterocycles. The Morgan fingerprint density at radius 3 is 2.43 bits per heavy atom. The lowest BCUT2D eigenvalue weighted by Crippen LogP contribution is -2.56. The van der Waals surface area contributed by atoms with Crippen LogP contribution in [0.5, 0.6) is 11.5 Å². The molecule has 0 unspecified atom stereocenters. The summed E-state index contributed by atoms with van der Waals surface area (Å²) < 4.78 is 11.6. The molecule has 8 heteroatoms. The first-order valence-electron chi connectivity index (χ1n) is 16.4. The monoisotopic (exact) mass is 606 g/mol. The molecule has 240 valence electrons. The van der Waals surface area contributed by atoms with Crippen molar-refractivity contribution in [1.82, 2.24) is 10.2 Å². The fourth-order valence-electron chi connectivity index (χ4n) is 6.44. The number of rotatable bonds is 18. The molecule has 0 radical (unpaired) electrons. The van der Waals surface area contributed by atoms with Crippen LogP contribution in [-0.2, 0) is 16.0 Å². The Balaban J connectivity index is 1.53. The maximum absolute atomic E-state index is 13.9. The van der Waals surface area contributed by atoms with Crippen LogP contribution >= 0.6 is 0 Å². The summed E-state index contributed by atoms with van der Waals surface area (Å²) in [6.45, 7) is 2.53. The van der Waals surface area contributed by atoms with Crippen LogP contribution in [0.3, 0.4) is 0 Å². The Kier molecular flexibility index (Phi) is 13.1. The van der Waals surface area contributed by atoms with Crippen molar-refractivity contribution >= 4 is 11.8 Å². The summed E-state index contributed by atoms with van der Waals surface area (Å²) in [7, 11) is 1.63. The third kappa shape index (κ3) is 8.63. The van der Waals surface area contributed by atoms with Gasteiger partial charge in [0, 0.05) is 30.6 Å². The number of unbranched alkanes of at least 4 members (excludes halogenated alkanes) is 8. The van der Waals surface area contributed by atoms with E-state index in [0.717, 1.165) is 36.1 Å². The lowest BCUT2D eigenvalue weighted by Gasteiger charge is -2.41. The van der Waals surface area contributed by atoms with Gasteiger partial charge in [-0.15, -0.1) is 0 Å². The Bertz CT molecular complexity index is 1250. The van der Waals surface area contributed by atoms with Crippen molar-refractivity contribution in [1.29, 1.82) is 0 Å². The Morgan fingerprint density at radius 2 is 1.70 bits per heavy atom. The Morgan fingerprint density at radius 1 is 0.977 bits per heavy atom. The van der Waals surface area contributed by atoms with Crippen LogP contribution in [0.2, 0.25) is 0 Å². The second kappa shape index (κ2) is 17.2. The van der Waals surface area contributed by atoms with Gasteiger partial charge < -0.3 is 29.9 Å². The van der Waals surface area contributed by atoms with Gasteiger partial charge in [0.25, 0.3) is 0 Å². The first kappa shape index (κ1) is 33.5. The van der Waals surface area contributed by atoms with Crippen LogP contribution in [0.4, 0.5) is 0 Å². The van der Waals surface area contributed by atoms with Gasteiger partial charge in [0.05, 0.1) is 25.7 Å². The number of hydrogen-bond acceptors (Lipinski definition) is 6. The fourth-order valence-corrected chi connectivity index (χ4v) is 6.44. The maximum atomic E-state index is 13.9. The highest BCUT2D eigenvalue weighted by atomic mass is 16.5. The van der Waals surface area contributed by atoms with Gasteiger partial charge in [-0.2, -0.15) is 0 Å². The summed E-state index contributed by atoms with van der Waals surface area (Å²) in [5, 5.41) is 23.9. The van der Waals surface area contributed by atoms with Crippen LogP contribution in [-0.4, -0.2) is 72.0 Å². The number of carbonyl (C=O) groups excluding carboxylic acids is 2. The number of nitrogens with one attached hydrogen (secondary N) is 1. The van der Waals surface area contributed by atoms with E-state index in [9.17, 15) is 19.8 Å². The van der Waals surface area contributed by atoms with Crippen molar-refractivity contribution in [2.24, 2.45) is 0 Å². The van der Waals surface area contributed by atoms with E-state index >= 15 is 0 Å². The van der Waals surface area contributed by atoms with Crippen molar-refractivity contribution in [3.05, 3.63) is 71.3 Å². The second-order valence-corrected chi connectivity index (χ2v) is 11.9. The Labute approximate surface area is 262 Å². The molecule has 1 aliphatic heterocycles. The second-order valence-electron chi connectivity index (χ2n) is 11.9. The number of amides is 2. The summed E-state index contributed by atoms with van der Waals surface area (Å²) in [6.07, 6.45) is 11.4. The summed E-state index contributed by atoms with van der Waals surface area (Å²) in [6, 6.07) is 14.5. The fraction of sp³-hybridized carbons (Fsp3) is 0.556. The van der Waals surface area contributed by atoms with E-state index in [0.29, 0.717) is 30.7 Å². The zero-order valence-electron chi connectivity index (χ0n) is 26.4. The molecule has 44 heavy (non-hydrogen) atoms. The summed E-state index contributed by atoms with van der Waals surface area (Å²) in [4.78, 5) is 29.0. The molecule has 8 nitrogen and oxygen atoms in total. The van der Waals surface area contributed by atoms with Gasteiger partial charge in [-0.05, 0) is 42.7 Å². The molecule has 2 aliphatic rings. The summed E-state index contributed by atoms with van der Waals surface area (Å²) >= 11 is 0. The number of benzene rings is 2. The van der Waals surface area contributed by atoms with Crippen molar-refractivity contribution in [3.8, 4) is 11.5 Å². The minimum Gasteiger partial charge on any atom is -0.497 e. The number of fused-ring (bicyclic) bond motifs is 3. The molecule has 1 heterocycles. The van der Waals surface area contributed by atoms with Gasteiger partial charge >= 0.3 is 0 Å². The molecule has 0 bridgehead atoms. The topological polar surface area (TPSA) is 108 Å². The quantitative estimate of drug-likeness (QED) is 0.199. The van der Waals surface area contributed by atoms with E-state index in [2.05, 4.69) is 12.2 Å². The number of para-hydroxylation sites is 1. The first-order chi connectivity index (χ1) is 21.5. The molecular formula is C36H50N2O6. The molecule has 0 spiro atoms. The maximum Gasteiger partial charge on any atom is 0.247 e. The number of hydrogen-bond donors (Lipinski definition) is 3. The molecule has 0 saturated carbocycles. The van der Waals surface area contributed by atoms with Crippen molar-refractivity contribution in [2.75, 3.05) is 26.8 Å². The van der Waals surface area contributed by atoms with Crippen molar-refractivity contribution in [2.45, 2.75) is 102 Å². The normalized spacial score (nSPS) is 20.2. The van der Waals surface area contributed by atoms with Gasteiger partial charge in [0.15, 0.2) is 0 Å². The van der Waals surface area contributed by atoms with Crippen LogP contribution in [0.25, 0.3) is 0 Å². The lowest BCUT2D eigenvalue weighted by molar-refractivity contribution is -0.137. The number of nitrogens with zero attached hydrogens (tertiary/aromatic N) is 1. The molecule has 2 aromatic carbocycles. The van der Waals surface area contributed by atoms with E-state index < -0.39 is 24.2 Å². The molecular weight excluding hydrogens is 556 g/mol. The molecule has 2 amide bonds. The predicted molar refractivity (Wildman–Crippen MR) is 172 cm³/mol.